The predicted molar refractivity (Wildman–Crippen MR) is 127 cm³/mol. The second-order valence-corrected chi connectivity index (χ2v) is 7.76. The zero-order valence-electron chi connectivity index (χ0n) is 18.9. The first-order valence-electron chi connectivity index (χ1n) is 10.7. The van der Waals surface area contributed by atoms with Gasteiger partial charge in [0, 0.05) is 11.3 Å². The molecule has 8 heteroatoms. The summed E-state index contributed by atoms with van der Waals surface area (Å²) in [4.78, 5) is 39.2. The number of rotatable bonds is 8. The number of ether oxygens (including phenoxy) is 3. The highest BCUT2D eigenvalue weighted by Gasteiger charge is 2.28. The summed E-state index contributed by atoms with van der Waals surface area (Å²) >= 11 is 0. The Morgan fingerprint density at radius 1 is 1.03 bits per heavy atom. The van der Waals surface area contributed by atoms with Crippen molar-refractivity contribution in [1.29, 1.82) is 0 Å². The van der Waals surface area contributed by atoms with Crippen LogP contribution in [0.15, 0.2) is 66.7 Å². The van der Waals surface area contributed by atoms with Gasteiger partial charge in [0.2, 0.25) is 5.91 Å². The van der Waals surface area contributed by atoms with Crippen molar-refractivity contribution >= 4 is 29.0 Å². The number of benzene rings is 3. The summed E-state index contributed by atoms with van der Waals surface area (Å²) in [5, 5.41) is 2.76. The summed E-state index contributed by atoms with van der Waals surface area (Å²) in [7, 11) is 1.56. The lowest BCUT2D eigenvalue weighted by atomic mass is 10.1. The van der Waals surface area contributed by atoms with Gasteiger partial charge in [0.25, 0.3) is 5.91 Å². The van der Waals surface area contributed by atoms with Gasteiger partial charge in [-0.15, -0.1) is 0 Å². The first-order valence-corrected chi connectivity index (χ1v) is 10.7. The number of carbonyl (C=O) groups excluding carboxylic acids is 3. The number of Topliss-reactive ketones (excluding diaryl/α,β-unsaturated/α-hetero) is 1. The molecule has 0 saturated heterocycles. The number of methoxy groups -OCH3 is 1. The summed E-state index contributed by atoms with van der Waals surface area (Å²) in [6, 6.07) is 19.1. The third kappa shape index (κ3) is 5.35. The molecule has 3 aromatic carbocycles. The Kier molecular flexibility index (Phi) is 6.77. The second-order valence-electron chi connectivity index (χ2n) is 7.76. The average Bonchev–Trinajstić information content (AvgIpc) is 2.84. The summed E-state index contributed by atoms with van der Waals surface area (Å²) in [5.41, 5.74) is 2.31. The Morgan fingerprint density at radius 2 is 1.82 bits per heavy atom. The van der Waals surface area contributed by atoms with Crippen molar-refractivity contribution in [3.05, 3.63) is 77.9 Å². The van der Waals surface area contributed by atoms with Gasteiger partial charge in [0.15, 0.2) is 19.0 Å². The van der Waals surface area contributed by atoms with E-state index in [1.54, 1.807) is 55.6 Å². The SMILES string of the molecule is COc1ccc(NC(=O)CN2C(=O)COc3ccc(C(=O)COc4cccc(C)c4)cc32)cc1. The number of hydrogen-bond donors (Lipinski definition) is 1. The molecule has 1 N–H and O–H groups in total. The number of hydrogen-bond acceptors (Lipinski definition) is 6. The van der Waals surface area contributed by atoms with Crippen molar-refractivity contribution in [1.82, 2.24) is 0 Å². The first-order chi connectivity index (χ1) is 16.4. The highest BCUT2D eigenvalue weighted by Crippen LogP contribution is 2.33. The quantitative estimate of drug-likeness (QED) is 0.516. The van der Waals surface area contributed by atoms with E-state index >= 15 is 0 Å². The van der Waals surface area contributed by atoms with Crippen molar-refractivity contribution in [3.8, 4) is 17.2 Å². The fraction of sp³-hybridized carbons (Fsp3) is 0.192. The van der Waals surface area contributed by atoms with Crippen LogP contribution in [0, 0.1) is 6.92 Å². The van der Waals surface area contributed by atoms with Crippen molar-refractivity contribution < 1.29 is 28.6 Å². The van der Waals surface area contributed by atoms with E-state index in [0.717, 1.165) is 5.56 Å². The highest BCUT2D eigenvalue weighted by atomic mass is 16.5. The minimum Gasteiger partial charge on any atom is -0.497 e. The topological polar surface area (TPSA) is 94.2 Å². The number of fused-ring (bicyclic) bond motifs is 1. The molecule has 0 aromatic heterocycles. The molecule has 0 radical (unpaired) electrons. The van der Waals surface area contributed by atoms with E-state index in [1.165, 1.54) is 4.90 Å². The minimum atomic E-state index is -0.383. The van der Waals surface area contributed by atoms with Gasteiger partial charge >= 0.3 is 0 Å². The van der Waals surface area contributed by atoms with Gasteiger partial charge in [-0.2, -0.15) is 0 Å². The molecular weight excluding hydrogens is 436 g/mol. The van der Waals surface area contributed by atoms with Gasteiger partial charge in [0.1, 0.15) is 23.8 Å². The van der Waals surface area contributed by atoms with E-state index in [9.17, 15) is 14.4 Å². The number of anilines is 2. The molecule has 0 spiro atoms. The standard InChI is InChI=1S/C26H24N2O6/c1-17-4-3-5-21(12-17)33-15-23(29)18-6-11-24-22(13-18)28(26(31)16-34-24)14-25(30)27-19-7-9-20(32-2)10-8-19/h3-13H,14-16H2,1-2H3,(H,27,30). The Labute approximate surface area is 197 Å². The molecule has 4 rings (SSSR count). The molecule has 174 valence electrons. The molecule has 0 saturated carbocycles. The monoisotopic (exact) mass is 460 g/mol. The number of ketones is 1. The summed E-state index contributed by atoms with van der Waals surface area (Å²) < 4.78 is 16.2. The average molecular weight is 460 g/mol. The van der Waals surface area contributed by atoms with E-state index in [-0.39, 0.29) is 37.4 Å². The fourth-order valence-electron chi connectivity index (χ4n) is 3.50. The number of carbonyl (C=O) groups is 3. The Bertz CT molecular complexity index is 1220. The van der Waals surface area contributed by atoms with E-state index in [4.69, 9.17) is 14.2 Å². The van der Waals surface area contributed by atoms with Crippen molar-refractivity contribution in [2.75, 3.05) is 37.1 Å². The largest absolute Gasteiger partial charge is 0.497 e. The van der Waals surface area contributed by atoms with Crippen LogP contribution in [-0.4, -0.2) is 44.5 Å². The van der Waals surface area contributed by atoms with E-state index in [2.05, 4.69) is 5.32 Å². The van der Waals surface area contributed by atoms with Crippen molar-refractivity contribution in [2.24, 2.45) is 0 Å². The maximum atomic E-state index is 12.7. The van der Waals surface area contributed by atoms with Crippen molar-refractivity contribution in [2.45, 2.75) is 6.92 Å². The molecule has 0 aliphatic carbocycles. The van der Waals surface area contributed by atoms with Crippen molar-refractivity contribution in [3.63, 3.8) is 0 Å². The Balaban J connectivity index is 1.46. The van der Waals surface area contributed by atoms with Crippen LogP contribution in [0.3, 0.4) is 0 Å². The van der Waals surface area contributed by atoms with Crippen LogP contribution < -0.4 is 24.4 Å². The van der Waals surface area contributed by atoms with Crippen LogP contribution in [0.4, 0.5) is 11.4 Å². The number of nitrogens with one attached hydrogen (secondary N) is 1. The summed E-state index contributed by atoms with van der Waals surface area (Å²) in [6.45, 7) is 1.37. The molecule has 8 nitrogen and oxygen atoms in total. The predicted octanol–water partition coefficient (Wildman–Crippen LogP) is 3.63. The molecule has 2 amide bonds. The smallest absolute Gasteiger partial charge is 0.265 e. The zero-order valence-corrected chi connectivity index (χ0v) is 18.9. The Hall–Kier alpha value is -4.33. The number of nitrogens with zero attached hydrogens (tertiary/aromatic N) is 1. The Morgan fingerprint density at radius 3 is 2.56 bits per heavy atom. The minimum absolute atomic E-state index is 0.158. The molecule has 0 fully saturated rings. The molecule has 0 atom stereocenters. The third-order valence-electron chi connectivity index (χ3n) is 5.26. The van der Waals surface area contributed by atoms with Gasteiger partial charge in [-0.3, -0.25) is 19.3 Å². The molecule has 0 bridgehead atoms. The molecule has 0 unspecified atom stereocenters. The van der Waals surface area contributed by atoms with E-state index < -0.39 is 0 Å². The van der Waals surface area contributed by atoms with E-state index in [1.807, 2.05) is 25.1 Å². The van der Waals surface area contributed by atoms with Crippen LogP contribution in [0.25, 0.3) is 0 Å². The lowest BCUT2D eigenvalue weighted by molar-refractivity contribution is -0.123. The van der Waals surface area contributed by atoms with E-state index in [0.29, 0.717) is 34.2 Å². The van der Waals surface area contributed by atoms with Crippen LogP contribution in [0.2, 0.25) is 0 Å². The van der Waals surface area contributed by atoms with Gasteiger partial charge in [0.05, 0.1) is 12.8 Å². The number of aryl methyl sites for hydroxylation is 1. The van der Waals surface area contributed by atoms with Gasteiger partial charge in [-0.05, 0) is 67.1 Å². The van der Waals surface area contributed by atoms with Crippen LogP contribution in [-0.2, 0) is 9.59 Å². The molecule has 34 heavy (non-hydrogen) atoms. The summed E-state index contributed by atoms with van der Waals surface area (Å²) in [5.74, 6) is 0.669. The number of amides is 2. The lowest BCUT2D eigenvalue weighted by Gasteiger charge is -2.29. The normalized spacial score (nSPS) is 12.4. The van der Waals surface area contributed by atoms with Crippen LogP contribution >= 0.6 is 0 Å². The first kappa shape index (κ1) is 22.8. The second kappa shape index (κ2) is 10.1. The molecule has 1 heterocycles. The van der Waals surface area contributed by atoms with Gasteiger partial charge < -0.3 is 19.5 Å². The lowest BCUT2D eigenvalue weighted by Crippen LogP contribution is -2.43. The maximum Gasteiger partial charge on any atom is 0.265 e. The molecule has 1 aliphatic rings. The third-order valence-corrected chi connectivity index (χ3v) is 5.26. The highest BCUT2D eigenvalue weighted by molar-refractivity contribution is 6.06. The zero-order chi connectivity index (χ0) is 24.1. The van der Waals surface area contributed by atoms with Crippen LogP contribution in [0.5, 0.6) is 17.2 Å². The van der Waals surface area contributed by atoms with Gasteiger partial charge in [-0.25, -0.2) is 0 Å². The van der Waals surface area contributed by atoms with Crippen LogP contribution in [0.1, 0.15) is 15.9 Å². The molecule has 3 aromatic rings. The maximum absolute atomic E-state index is 12.7. The fourth-order valence-corrected chi connectivity index (χ4v) is 3.50. The molecule has 1 aliphatic heterocycles. The molecular formula is C26H24N2O6. The van der Waals surface area contributed by atoms with Gasteiger partial charge in [-0.1, -0.05) is 12.1 Å². The summed E-state index contributed by atoms with van der Waals surface area (Å²) in [6.07, 6.45) is 0.